The number of rotatable bonds is 9. The number of hydrogen-bond donors (Lipinski definition) is 1. The first kappa shape index (κ1) is 25.2. The van der Waals surface area contributed by atoms with E-state index in [1.54, 1.807) is 0 Å². The van der Waals surface area contributed by atoms with Crippen molar-refractivity contribution in [3.05, 3.63) is 65.3 Å². The van der Waals surface area contributed by atoms with E-state index in [0.29, 0.717) is 10.5 Å². The van der Waals surface area contributed by atoms with E-state index in [0.717, 1.165) is 47.9 Å². The molecule has 0 radical (unpaired) electrons. The minimum Gasteiger partial charge on any atom is -0.760 e. The monoisotopic (exact) mass is 545 g/mol. The molecule has 0 saturated heterocycles. The summed E-state index contributed by atoms with van der Waals surface area (Å²) in [5, 5.41) is 7.01. The number of hydrogen-bond acceptors (Lipinski definition) is 9. The van der Waals surface area contributed by atoms with Gasteiger partial charge in [-0.05, 0) is 42.0 Å². The number of fused-ring (bicyclic) bond motifs is 1. The Hall–Kier alpha value is -2.51. The van der Waals surface area contributed by atoms with Crippen molar-refractivity contribution in [3.63, 3.8) is 0 Å². The Morgan fingerprint density at radius 1 is 1.08 bits per heavy atom. The highest BCUT2D eigenvalue weighted by Gasteiger charge is 2.38. The minimum atomic E-state index is -3.75. The molecule has 1 saturated carbocycles. The fraction of sp³-hybridized carbons (Fsp3) is 0.375. The number of sulfone groups is 1. The molecule has 2 aromatic carbocycles. The van der Waals surface area contributed by atoms with Gasteiger partial charge in [-0.15, -0.1) is 21.5 Å². The number of aromatic nitrogens is 3. The molecule has 1 fully saturated rings. The first-order chi connectivity index (χ1) is 17.4. The van der Waals surface area contributed by atoms with Crippen LogP contribution >= 0.6 is 11.3 Å². The Morgan fingerprint density at radius 2 is 1.86 bits per heavy atom. The molecule has 190 valence electrons. The van der Waals surface area contributed by atoms with E-state index < -0.39 is 26.4 Å². The second-order valence-electron chi connectivity index (χ2n) is 8.90. The van der Waals surface area contributed by atoms with Gasteiger partial charge in [-0.2, -0.15) is 0 Å². The molecule has 2 aromatic heterocycles. The lowest BCUT2D eigenvalue weighted by atomic mass is 9.91. The molecule has 2 unspecified atom stereocenters. The van der Waals surface area contributed by atoms with E-state index in [4.69, 9.17) is 4.42 Å². The standard InChI is InChI=1S/C24H26N4O5S3/c29-35(30)25-14-21-27-28-23(33-21)22(36(31,32)15-16-7-3-1-4-8-16)24-26-19-12-11-18(13-20(19)34-24)17-9-5-2-6-10-17/h2,5-6,9-13,16,22,25H,1,3-4,7-8,14-15H2,(H,29,30)/p-1. The Kier molecular flexibility index (Phi) is 7.58. The second kappa shape index (κ2) is 10.9. The quantitative estimate of drug-likeness (QED) is 0.307. The van der Waals surface area contributed by atoms with Crippen LogP contribution in [-0.2, 0) is 27.6 Å². The smallest absolute Gasteiger partial charge is 0.241 e. The van der Waals surface area contributed by atoms with Crippen molar-refractivity contribution in [1.29, 1.82) is 0 Å². The molecule has 1 aliphatic carbocycles. The Morgan fingerprint density at radius 3 is 2.61 bits per heavy atom. The lowest BCUT2D eigenvalue weighted by molar-refractivity contribution is 0.383. The topological polar surface area (TPSA) is 138 Å². The Labute approximate surface area is 215 Å². The van der Waals surface area contributed by atoms with E-state index in [1.165, 1.54) is 11.3 Å². The zero-order valence-corrected chi connectivity index (χ0v) is 21.8. The summed E-state index contributed by atoms with van der Waals surface area (Å²) in [6, 6.07) is 15.8. The van der Waals surface area contributed by atoms with Gasteiger partial charge < -0.3 is 8.97 Å². The number of thiazole rings is 1. The van der Waals surface area contributed by atoms with Crippen molar-refractivity contribution >= 4 is 42.7 Å². The van der Waals surface area contributed by atoms with Gasteiger partial charge >= 0.3 is 0 Å². The average Bonchev–Trinajstić information content (AvgIpc) is 3.50. The highest BCUT2D eigenvalue weighted by atomic mass is 32.2. The molecule has 0 amide bonds. The number of benzene rings is 2. The highest BCUT2D eigenvalue weighted by molar-refractivity contribution is 7.92. The van der Waals surface area contributed by atoms with Gasteiger partial charge in [0.2, 0.25) is 11.8 Å². The van der Waals surface area contributed by atoms with Crippen molar-refractivity contribution in [2.45, 2.75) is 43.9 Å². The predicted molar refractivity (Wildman–Crippen MR) is 137 cm³/mol. The van der Waals surface area contributed by atoms with E-state index in [-0.39, 0.29) is 30.0 Å². The van der Waals surface area contributed by atoms with E-state index >= 15 is 0 Å². The zero-order valence-electron chi connectivity index (χ0n) is 19.3. The van der Waals surface area contributed by atoms with Crippen LogP contribution in [0.15, 0.2) is 52.9 Å². The van der Waals surface area contributed by atoms with Crippen molar-refractivity contribution in [2.24, 2.45) is 5.92 Å². The van der Waals surface area contributed by atoms with Gasteiger partial charge in [0.05, 0.1) is 22.5 Å². The van der Waals surface area contributed by atoms with Crippen molar-refractivity contribution in [1.82, 2.24) is 19.9 Å². The first-order valence-corrected chi connectivity index (χ1v) is 15.3. The van der Waals surface area contributed by atoms with Crippen LogP contribution in [0.1, 0.15) is 54.1 Å². The molecule has 4 aromatic rings. The summed E-state index contributed by atoms with van der Waals surface area (Å²) in [5.41, 5.74) is 2.76. The third-order valence-corrected chi connectivity index (χ3v) is 10.0. The molecule has 5 rings (SSSR count). The van der Waals surface area contributed by atoms with Gasteiger partial charge in [0, 0.05) is 11.3 Å². The van der Waals surface area contributed by atoms with Gasteiger partial charge in [0.1, 0.15) is 5.01 Å². The molecule has 1 N–H and O–H groups in total. The van der Waals surface area contributed by atoms with Crippen LogP contribution in [0.2, 0.25) is 0 Å². The summed E-state index contributed by atoms with van der Waals surface area (Å²) in [5.74, 6) is -0.0120. The second-order valence-corrected chi connectivity index (χ2v) is 12.9. The third-order valence-electron chi connectivity index (χ3n) is 6.34. The van der Waals surface area contributed by atoms with Gasteiger partial charge in [-0.3, -0.25) is 4.21 Å². The van der Waals surface area contributed by atoms with Crippen molar-refractivity contribution in [3.8, 4) is 11.1 Å². The summed E-state index contributed by atoms with van der Waals surface area (Å²) in [6.45, 7) is -0.223. The normalized spacial score (nSPS) is 16.8. The summed E-state index contributed by atoms with van der Waals surface area (Å²) in [7, 11) is -3.75. The maximum absolute atomic E-state index is 13.8. The molecule has 12 heteroatoms. The van der Waals surface area contributed by atoms with Crippen LogP contribution in [0.25, 0.3) is 21.3 Å². The molecule has 9 nitrogen and oxygen atoms in total. The van der Waals surface area contributed by atoms with Crippen LogP contribution in [0, 0.1) is 5.92 Å². The first-order valence-electron chi connectivity index (χ1n) is 11.7. The van der Waals surface area contributed by atoms with Crippen molar-refractivity contribution in [2.75, 3.05) is 5.75 Å². The lowest BCUT2D eigenvalue weighted by Crippen LogP contribution is -2.24. The van der Waals surface area contributed by atoms with Crippen molar-refractivity contribution < 1.29 is 21.6 Å². The molecule has 0 spiro atoms. The summed E-state index contributed by atoms with van der Waals surface area (Å²) in [4.78, 5) is 4.66. The van der Waals surface area contributed by atoms with E-state index in [9.17, 15) is 17.2 Å². The lowest BCUT2D eigenvalue weighted by Gasteiger charge is -2.22. The molecule has 36 heavy (non-hydrogen) atoms. The fourth-order valence-corrected chi connectivity index (χ4v) is 8.37. The SMILES string of the molecule is O=S([O-])NCc1nnc(C(c2nc3ccc(-c4ccccc4)cc3s2)S(=O)(=O)CC2CCCCC2)o1. The van der Waals surface area contributed by atoms with Gasteiger partial charge in [-0.25, -0.2) is 18.1 Å². The van der Waals surface area contributed by atoms with Crippen LogP contribution in [0.3, 0.4) is 0 Å². The van der Waals surface area contributed by atoms with Crippen LogP contribution in [0.5, 0.6) is 0 Å². The summed E-state index contributed by atoms with van der Waals surface area (Å²) in [6.07, 6.45) is 4.93. The number of nitrogens with one attached hydrogen (secondary N) is 1. The van der Waals surface area contributed by atoms with Gasteiger partial charge in [-0.1, -0.05) is 55.7 Å². The maximum atomic E-state index is 13.8. The molecular weight excluding hydrogens is 520 g/mol. The van der Waals surface area contributed by atoms with Crippen LogP contribution < -0.4 is 4.72 Å². The van der Waals surface area contributed by atoms with Gasteiger partial charge in [0.15, 0.2) is 15.1 Å². The zero-order chi connectivity index (χ0) is 25.1. The minimum absolute atomic E-state index is 0.0143. The largest absolute Gasteiger partial charge is 0.760 e. The summed E-state index contributed by atoms with van der Waals surface area (Å²) < 4.78 is 57.9. The Bertz CT molecular complexity index is 1460. The molecular formula is C24H25N4O5S3-. The molecule has 2 heterocycles. The third kappa shape index (κ3) is 5.73. The molecule has 1 aliphatic rings. The van der Waals surface area contributed by atoms with Crippen LogP contribution in [-0.4, -0.2) is 38.1 Å². The fourth-order valence-electron chi connectivity index (χ4n) is 4.62. The molecule has 0 aliphatic heterocycles. The van der Waals surface area contributed by atoms with Gasteiger partial charge in [0.25, 0.3) is 0 Å². The molecule has 2 atom stereocenters. The van der Waals surface area contributed by atoms with E-state index in [1.807, 2.05) is 48.5 Å². The number of nitrogens with zero attached hydrogens (tertiary/aromatic N) is 3. The average molecular weight is 546 g/mol. The molecule has 0 bridgehead atoms. The Balaban J connectivity index is 1.52. The maximum Gasteiger partial charge on any atom is 0.241 e. The van der Waals surface area contributed by atoms with Crippen LogP contribution in [0.4, 0.5) is 0 Å². The highest BCUT2D eigenvalue weighted by Crippen LogP contribution is 2.38. The van der Waals surface area contributed by atoms with E-state index in [2.05, 4.69) is 19.9 Å². The summed E-state index contributed by atoms with van der Waals surface area (Å²) >= 11 is -1.22. The predicted octanol–water partition coefficient (Wildman–Crippen LogP) is 4.31.